The molecule has 2 aromatic heterocycles. The van der Waals surface area contributed by atoms with Crippen LogP contribution >= 0.6 is 0 Å². The maximum Gasteiger partial charge on any atom is 0.402 e. The number of nitrogens with one attached hydrogen (secondary N) is 2. The first kappa shape index (κ1) is 20.9. The highest BCUT2D eigenvalue weighted by Crippen LogP contribution is 2.43. The van der Waals surface area contributed by atoms with E-state index in [4.69, 9.17) is 0 Å². The Kier molecular flexibility index (Phi) is 5.38. The first-order valence-electron chi connectivity index (χ1n) is 10.7. The molecule has 0 radical (unpaired) electrons. The highest BCUT2D eigenvalue weighted by atomic mass is 19.4. The quantitative estimate of drug-likeness (QED) is 0.276. The fourth-order valence-corrected chi connectivity index (χ4v) is 4.20. The number of halogens is 3. The van der Waals surface area contributed by atoms with Crippen LogP contribution in [-0.4, -0.2) is 16.1 Å². The van der Waals surface area contributed by atoms with Crippen molar-refractivity contribution < 1.29 is 13.2 Å². The van der Waals surface area contributed by atoms with Crippen LogP contribution in [0.1, 0.15) is 17.3 Å². The molecule has 33 heavy (non-hydrogen) atoms. The van der Waals surface area contributed by atoms with Crippen LogP contribution < -0.4 is 0 Å². The van der Waals surface area contributed by atoms with Crippen LogP contribution in [0.5, 0.6) is 0 Å². The Balaban J connectivity index is 1.64. The van der Waals surface area contributed by atoms with Crippen LogP contribution in [0, 0.1) is 0 Å². The lowest BCUT2D eigenvalue weighted by Gasteiger charge is -2.18. The molecule has 164 valence electrons. The Morgan fingerprint density at radius 2 is 1.09 bits per heavy atom. The smallest absolute Gasteiger partial charge is 0.358 e. The summed E-state index contributed by atoms with van der Waals surface area (Å²) in [5.74, 6) is -1.81. The minimum Gasteiger partial charge on any atom is -0.358 e. The molecule has 2 heterocycles. The Morgan fingerprint density at radius 3 is 1.67 bits per heavy atom. The molecule has 0 spiro atoms. The van der Waals surface area contributed by atoms with E-state index in [2.05, 4.69) is 9.97 Å². The van der Waals surface area contributed by atoms with Crippen LogP contribution in [0.15, 0.2) is 109 Å². The first-order valence-corrected chi connectivity index (χ1v) is 10.7. The molecular weight excluding hydrogens is 421 g/mol. The molecule has 1 atom stereocenters. The molecule has 0 aliphatic heterocycles. The van der Waals surface area contributed by atoms with Crippen LogP contribution in [-0.2, 0) is 0 Å². The summed E-state index contributed by atoms with van der Waals surface area (Å²) in [5.41, 5.74) is 4.78. The highest BCUT2D eigenvalue weighted by molar-refractivity contribution is 5.82. The normalized spacial score (nSPS) is 12.6. The van der Waals surface area contributed by atoms with Gasteiger partial charge in [0.25, 0.3) is 0 Å². The summed E-state index contributed by atoms with van der Waals surface area (Å²) in [6.45, 7) is 0. The van der Waals surface area contributed by atoms with Gasteiger partial charge in [-0.05, 0) is 34.9 Å². The zero-order valence-electron chi connectivity index (χ0n) is 17.6. The minimum atomic E-state index is -4.48. The summed E-state index contributed by atoms with van der Waals surface area (Å²) < 4.78 is 43.2. The molecule has 0 saturated heterocycles. The summed E-state index contributed by atoms with van der Waals surface area (Å²) in [6, 6.07) is 33.1. The van der Waals surface area contributed by atoms with Crippen LogP contribution in [0.3, 0.4) is 0 Å². The monoisotopic (exact) mass is 442 g/mol. The third-order valence-electron chi connectivity index (χ3n) is 5.73. The molecule has 5 rings (SSSR count). The van der Waals surface area contributed by atoms with Crippen molar-refractivity contribution in [2.24, 2.45) is 0 Å². The predicted octanol–water partition coefficient (Wildman–Crippen LogP) is 8.04. The summed E-state index contributed by atoms with van der Waals surface area (Å²) in [4.78, 5) is 6.11. The fraction of sp³-hybridized carbons (Fsp3) is 0.0714. The average Bonchev–Trinajstić information content (AvgIpc) is 3.48. The van der Waals surface area contributed by atoms with E-state index in [1.54, 1.807) is 12.1 Å². The van der Waals surface area contributed by atoms with Crippen molar-refractivity contribution in [1.82, 2.24) is 9.97 Å². The number of rotatable bonds is 5. The van der Waals surface area contributed by atoms with Crippen molar-refractivity contribution in [3.8, 4) is 33.6 Å². The van der Waals surface area contributed by atoms with E-state index >= 15 is 0 Å². The molecule has 5 aromatic rings. The van der Waals surface area contributed by atoms with Crippen molar-refractivity contribution in [3.63, 3.8) is 0 Å². The Morgan fingerprint density at radius 1 is 0.545 bits per heavy atom. The first-order chi connectivity index (χ1) is 16.0. The Labute approximate surface area is 189 Å². The second-order valence-electron chi connectivity index (χ2n) is 7.91. The summed E-state index contributed by atoms with van der Waals surface area (Å²) in [7, 11) is 0. The van der Waals surface area contributed by atoms with Gasteiger partial charge in [0, 0.05) is 22.6 Å². The van der Waals surface area contributed by atoms with Gasteiger partial charge in [-0.2, -0.15) is 13.2 Å². The predicted molar refractivity (Wildman–Crippen MR) is 126 cm³/mol. The van der Waals surface area contributed by atoms with E-state index in [0.717, 1.165) is 22.3 Å². The lowest BCUT2D eigenvalue weighted by molar-refractivity contribution is -0.142. The van der Waals surface area contributed by atoms with Gasteiger partial charge in [0.1, 0.15) is 5.92 Å². The second kappa shape index (κ2) is 8.51. The molecule has 0 aliphatic carbocycles. The summed E-state index contributed by atoms with van der Waals surface area (Å²) in [6.07, 6.45) is -4.48. The van der Waals surface area contributed by atoms with Gasteiger partial charge in [0.05, 0.1) is 5.69 Å². The topological polar surface area (TPSA) is 31.6 Å². The van der Waals surface area contributed by atoms with Gasteiger partial charge in [-0.1, -0.05) is 91.0 Å². The number of H-pyrrole nitrogens is 2. The SMILES string of the molecule is FC(F)(F)C(c1ccc(-c2ccccc2)[nH]1)c1cc(-c2ccccc2)c(-c2ccccc2)[nH]1. The third kappa shape index (κ3) is 4.22. The van der Waals surface area contributed by atoms with Crippen LogP contribution in [0.4, 0.5) is 13.2 Å². The molecule has 0 aliphatic rings. The van der Waals surface area contributed by atoms with Crippen LogP contribution in [0.2, 0.25) is 0 Å². The van der Waals surface area contributed by atoms with Gasteiger partial charge < -0.3 is 9.97 Å². The lowest BCUT2D eigenvalue weighted by Crippen LogP contribution is -2.22. The molecule has 0 saturated carbocycles. The van der Waals surface area contributed by atoms with E-state index in [9.17, 15) is 13.2 Å². The van der Waals surface area contributed by atoms with Crippen LogP contribution in [0.25, 0.3) is 33.6 Å². The molecule has 0 bridgehead atoms. The Bertz CT molecular complexity index is 1280. The number of benzene rings is 3. The third-order valence-corrected chi connectivity index (χ3v) is 5.73. The van der Waals surface area contributed by atoms with E-state index < -0.39 is 12.1 Å². The second-order valence-corrected chi connectivity index (χ2v) is 7.91. The van der Waals surface area contributed by atoms with Gasteiger partial charge in [0.15, 0.2) is 0 Å². The van der Waals surface area contributed by atoms with Gasteiger partial charge in [0.2, 0.25) is 0 Å². The number of hydrogen-bond donors (Lipinski definition) is 2. The van der Waals surface area contributed by atoms with Gasteiger partial charge in [-0.15, -0.1) is 0 Å². The standard InChI is InChI=1S/C28H21F3N2/c29-28(30,31)26(24-17-16-23(32-24)20-12-6-2-7-13-20)25-18-22(19-10-4-1-5-11-19)27(33-25)21-14-8-3-9-15-21/h1-18,26,32-33H. The fourth-order valence-electron chi connectivity index (χ4n) is 4.20. The maximum absolute atomic E-state index is 14.4. The zero-order valence-corrected chi connectivity index (χ0v) is 17.6. The van der Waals surface area contributed by atoms with Crippen molar-refractivity contribution in [2.75, 3.05) is 0 Å². The summed E-state index contributed by atoms with van der Waals surface area (Å²) in [5, 5.41) is 0. The molecule has 2 nitrogen and oxygen atoms in total. The lowest BCUT2D eigenvalue weighted by atomic mass is 9.98. The molecule has 0 fully saturated rings. The van der Waals surface area contributed by atoms with Crippen molar-refractivity contribution in [2.45, 2.75) is 12.1 Å². The molecule has 5 heteroatoms. The molecule has 2 N–H and O–H groups in total. The largest absolute Gasteiger partial charge is 0.402 e. The maximum atomic E-state index is 14.4. The molecule has 1 unspecified atom stereocenters. The Hall–Kier alpha value is -3.99. The van der Waals surface area contributed by atoms with E-state index in [1.165, 1.54) is 6.07 Å². The van der Waals surface area contributed by atoms with Crippen molar-refractivity contribution in [3.05, 3.63) is 121 Å². The molecular formula is C28H21F3N2. The number of hydrogen-bond acceptors (Lipinski definition) is 0. The molecule has 3 aromatic carbocycles. The van der Waals surface area contributed by atoms with E-state index in [-0.39, 0.29) is 11.4 Å². The zero-order chi connectivity index (χ0) is 22.8. The van der Waals surface area contributed by atoms with Gasteiger partial charge in [-0.3, -0.25) is 0 Å². The van der Waals surface area contributed by atoms with Crippen molar-refractivity contribution >= 4 is 0 Å². The van der Waals surface area contributed by atoms with E-state index in [0.29, 0.717) is 11.4 Å². The average molecular weight is 442 g/mol. The summed E-state index contributed by atoms with van der Waals surface area (Å²) >= 11 is 0. The number of alkyl halides is 3. The molecule has 0 amide bonds. The van der Waals surface area contributed by atoms with Crippen molar-refractivity contribution in [1.29, 1.82) is 0 Å². The minimum absolute atomic E-state index is 0.0988. The van der Waals surface area contributed by atoms with E-state index in [1.807, 2.05) is 91.0 Å². The number of aromatic nitrogens is 2. The number of aromatic amines is 2. The highest BCUT2D eigenvalue weighted by Gasteiger charge is 2.44. The van der Waals surface area contributed by atoms with Gasteiger partial charge in [-0.25, -0.2) is 0 Å². The van der Waals surface area contributed by atoms with Gasteiger partial charge >= 0.3 is 6.18 Å².